The number of hydrogen-bond acceptors (Lipinski definition) is 3. The molecular formula is C16H24N2S. The zero-order chi connectivity index (χ0) is 13.1. The number of rotatable bonds is 3. The molecule has 1 N–H and O–H groups in total. The average Bonchev–Trinajstić information content (AvgIpc) is 2.96. The van der Waals surface area contributed by atoms with E-state index in [1.807, 2.05) is 0 Å². The van der Waals surface area contributed by atoms with Gasteiger partial charge in [0, 0.05) is 24.4 Å². The molecular weight excluding hydrogens is 252 g/mol. The van der Waals surface area contributed by atoms with Gasteiger partial charge in [-0.25, -0.2) is 0 Å². The predicted molar refractivity (Wildman–Crippen MR) is 86.5 cm³/mol. The van der Waals surface area contributed by atoms with Crippen molar-refractivity contribution >= 4 is 23.1 Å². The highest BCUT2D eigenvalue weighted by atomic mass is 32.2. The second-order valence-corrected chi connectivity index (χ2v) is 7.17. The van der Waals surface area contributed by atoms with Crippen molar-refractivity contribution in [2.45, 2.75) is 43.9 Å². The molecule has 0 radical (unpaired) electrons. The normalized spacial score (nSPS) is 27.5. The van der Waals surface area contributed by atoms with Gasteiger partial charge in [-0.3, -0.25) is 0 Å². The summed E-state index contributed by atoms with van der Waals surface area (Å²) in [5.41, 5.74) is 2.74. The molecule has 2 unspecified atom stereocenters. The lowest BCUT2D eigenvalue weighted by Gasteiger charge is -2.32. The molecule has 2 heterocycles. The standard InChI is InChI=1S/C16H24N2S/c1-13-14(8-6-12-19-13)17-15-7-2-3-9-16(15)18-10-4-5-11-18/h2-3,7,9,13-14,17H,4-6,8,10-12H2,1H3. The molecule has 0 saturated carbocycles. The fraction of sp³-hybridized carbons (Fsp3) is 0.625. The van der Waals surface area contributed by atoms with Crippen molar-refractivity contribution in [3.63, 3.8) is 0 Å². The zero-order valence-electron chi connectivity index (χ0n) is 11.8. The largest absolute Gasteiger partial charge is 0.380 e. The van der Waals surface area contributed by atoms with Crippen LogP contribution in [-0.4, -0.2) is 30.1 Å². The van der Waals surface area contributed by atoms with Crippen molar-refractivity contribution < 1.29 is 0 Å². The molecule has 2 aliphatic rings. The van der Waals surface area contributed by atoms with Gasteiger partial charge in [0.15, 0.2) is 0 Å². The first kappa shape index (κ1) is 13.2. The van der Waals surface area contributed by atoms with E-state index in [1.165, 1.54) is 55.9 Å². The molecule has 2 fully saturated rings. The molecule has 2 nitrogen and oxygen atoms in total. The molecule has 1 aromatic rings. The number of para-hydroxylation sites is 2. The lowest BCUT2D eigenvalue weighted by atomic mass is 10.1. The molecule has 0 spiro atoms. The van der Waals surface area contributed by atoms with Crippen LogP contribution in [0.4, 0.5) is 11.4 Å². The van der Waals surface area contributed by atoms with E-state index in [0.717, 1.165) is 5.25 Å². The SMILES string of the molecule is CC1SCCCC1Nc1ccccc1N1CCCC1. The fourth-order valence-corrected chi connectivity index (χ4v) is 4.28. The molecule has 0 aliphatic carbocycles. The molecule has 3 rings (SSSR count). The molecule has 0 aromatic heterocycles. The highest BCUT2D eigenvalue weighted by molar-refractivity contribution is 8.00. The molecule has 2 atom stereocenters. The monoisotopic (exact) mass is 276 g/mol. The topological polar surface area (TPSA) is 15.3 Å². The number of nitrogens with one attached hydrogen (secondary N) is 1. The van der Waals surface area contributed by atoms with E-state index in [0.29, 0.717) is 6.04 Å². The summed E-state index contributed by atoms with van der Waals surface area (Å²) in [7, 11) is 0. The van der Waals surface area contributed by atoms with E-state index >= 15 is 0 Å². The van der Waals surface area contributed by atoms with Gasteiger partial charge in [-0.05, 0) is 43.6 Å². The Morgan fingerprint density at radius 1 is 1.16 bits per heavy atom. The molecule has 104 valence electrons. The van der Waals surface area contributed by atoms with Crippen LogP contribution in [0.1, 0.15) is 32.6 Å². The lowest BCUT2D eigenvalue weighted by Crippen LogP contribution is -2.33. The van der Waals surface area contributed by atoms with Crippen LogP contribution in [0, 0.1) is 0 Å². The Morgan fingerprint density at radius 3 is 2.74 bits per heavy atom. The van der Waals surface area contributed by atoms with E-state index in [4.69, 9.17) is 0 Å². The summed E-state index contributed by atoms with van der Waals surface area (Å²) < 4.78 is 0. The first-order valence-electron chi connectivity index (χ1n) is 7.57. The van der Waals surface area contributed by atoms with Gasteiger partial charge in [0.05, 0.1) is 11.4 Å². The number of thioether (sulfide) groups is 1. The van der Waals surface area contributed by atoms with E-state index in [-0.39, 0.29) is 0 Å². The Bertz CT molecular complexity index is 415. The van der Waals surface area contributed by atoms with E-state index in [1.54, 1.807) is 0 Å². The summed E-state index contributed by atoms with van der Waals surface area (Å²) in [4.78, 5) is 2.53. The second-order valence-electron chi connectivity index (χ2n) is 5.68. The Labute approximate surface area is 121 Å². The smallest absolute Gasteiger partial charge is 0.0602 e. The van der Waals surface area contributed by atoms with Gasteiger partial charge < -0.3 is 10.2 Å². The quantitative estimate of drug-likeness (QED) is 0.899. The highest BCUT2D eigenvalue weighted by Gasteiger charge is 2.23. The van der Waals surface area contributed by atoms with Gasteiger partial charge in [0.25, 0.3) is 0 Å². The van der Waals surface area contributed by atoms with E-state index < -0.39 is 0 Å². The fourth-order valence-electron chi connectivity index (χ4n) is 3.14. The molecule has 19 heavy (non-hydrogen) atoms. The van der Waals surface area contributed by atoms with Crippen LogP contribution in [-0.2, 0) is 0 Å². The zero-order valence-corrected chi connectivity index (χ0v) is 12.6. The molecule has 1 aromatic carbocycles. The third-order valence-electron chi connectivity index (χ3n) is 4.30. The Balaban J connectivity index is 1.76. The summed E-state index contributed by atoms with van der Waals surface area (Å²) in [6, 6.07) is 9.47. The number of anilines is 2. The van der Waals surface area contributed by atoms with Gasteiger partial charge in [-0.1, -0.05) is 19.1 Å². The number of benzene rings is 1. The van der Waals surface area contributed by atoms with E-state index in [2.05, 4.69) is 53.2 Å². The summed E-state index contributed by atoms with van der Waals surface area (Å²) in [5, 5.41) is 4.54. The molecule has 3 heteroatoms. The lowest BCUT2D eigenvalue weighted by molar-refractivity contribution is 0.617. The molecule has 0 bridgehead atoms. The summed E-state index contributed by atoms with van der Waals surface area (Å²) >= 11 is 2.11. The molecule has 0 amide bonds. The van der Waals surface area contributed by atoms with Gasteiger partial charge in [-0.15, -0.1) is 0 Å². The summed E-state index contributed by atoms with van der Waals surface area (Å²) in [6.07, 6.45) is 5.33. The highest BCUT2D eigenvalue weighted by Crippen LogP contribution is 2.33. The van der Waals surface area contributed by atoms with Crippen LogP contribution in [0.15, 0.2) is 24.3 Å². The van der Waals surface area contributed by atoms with Gasteiger partial charge in [0.1, 0.15) is 0 Å². The second kappa shape index (κ2) is 6.08. The predicted octanol–water partition coefficient (Wildman–Crippen LogP) is 3.98. The molecule has 2 saturated heterocycles. The average molecular weight is 276 g/mol. The van der Waals surface area contributed by atoms with E-state index in [9.17, 15) is 0 Å². The Morgan fingerprint density at radius 2 is 1.95 bits per heavy atom. The minimum absolute atomic E-state index is 0.627. The number of nitrogens with zero attached hydrogens (tertiary/aromatic N) is 1. The van der Waals surface area contributed by atoms with Crippen LogP contribution in [0.3, 0.4) is 0 Å². The van der Waals surface area contributed by atoms with Crippen LogP contribution in [0.25, 0.3) is 0 Å². The third-order valence-corrected chi connectivity index (χ3v) is 5.68. The van der Waals surface area contributed by atoms with Gasteiger partial charge in [0.2, 0.25) is 0 Å². The van der Waals surface area contributed by atoms with Crippen molar-refractivity contribution in [1.82, 2.24) is 0 Å². The van der Waals surface area contributed by atoms with Crippen molar-refractivity contribution in [2.75, 3.05) is 29.1 Å². The van der Waals surface area contributed by atoms with Crippen molar-refractivity contribution in [2.24, 2.45) is 0 Å². The minimum atomic E-state index is 0.627. The van der Waals surface area contributed by atoms with Crippen molar-refractivity contribution in [3.8, 4) is 0 Å². The first-order valence-corrected chi connectivity index (χ1v) is 8.61. The van der Waals surface area contributed by atoms with Gasteiger partial charge in [-0.2, -0.15) is 11.8 Å². The molecule has 2 aliphatic heterocycles. The third kappa shape index (κ3) is 3.02. The van der Waals surface area contributed by atoms with Crippen LogP contribution >= 0.6 is 11.8 Å². The maximum absolute atomic E-state index is 3.81. The number of hydrogen-bond donors (Lipinski definition) is 1. The van der Waals surface area contributed by atoms with Crippen LogP contribution in [0.2, 0.25) is 0 Å². The van der Waals surface area contributed by atoms with Crippen LogP contribution in [0.5, 0.6) is 0 Å². The van der Waals surface area contributed by atoms with Crippen LogP contribution < -0.4 is 10.2 Å². The summed E-state index contributed by atoms with van der Waals surface area (Å²) in [5.74, 6) is 1.33. The summed E-state index contributed by atoms with van der Waals surface area (Å²) in [6.45, 7) is 4.79. The maximum atomic E-state index is 3.81. The van der Waals surface area contributed by atoms with Crippen molar-refractivity contribution in [3.05, 3.63) is 24.3 Å². The minimum Gasteiger partial charge on any atom is -0.380 e. The maximum Gasteiger partial charge on any atom is 0.0602 e. The Kier molecular flexibility index (Phi) is 4.21. The Hall–Kier alpha value is -0.830. The first-order chi connectivity index (χ1) is 9.34. The van der Waals surface area contributed by atoms with Crippen molar-refractivity contribution in [1.29, 1.82) is 0 Å². The van der Waals surface area contributed by atoms with Gasteiger partial charge >= 0.3 is 0 Å².